The van der Waals surface area contributed by atoms with Crippen molar-refractivity contribution >= 4 is 0 Å². The van der Waals surface area contributed by atoms with Crippen molar-refractivity contribution in [2.24, 2.45) is 0 Å². The first-order valence-corrected chi connectivity index (χ1v) is 7.24. The number of benzene rings is 2. The van der Waals surface area contributed by atoms with E-state index < -0.39 is 0 Å². The van der Waals surface area contributed by atoms with Gasteiger partial charge in [-0.3, -0.25) is 0 Å². The molecule has 0 N–H and O–H groups in total. The van der Waals surface area contributed by atoms with Gasteiger partial charge in [-0.05, 0) is 0 Å². The predicted octanol–water partition coefficient (Wildman–Crippen LogP) is -2.67. The second kappa shape index (κ2) is 6.98. The van der Waals surface area contributed by atoms with E-state index in [1.54, 1.807) is 14.2 Å². The number of methoxy groups -OCH3 is 2. The molecule has 0 spiro atoms. The first-order valence-electron chi connectivity index (χ1n) is 5.82. The Morgan fingerprint density at radius 1 is 0.800 bits per heavy atom. The third-order valence-corrected chi connectivity index (χ3v) is 4.96. The van der Waals surface area contributed by atoms with E-state index in [-0.39, 0.29) is 24.8 Å². The van der Waals surface area contributed by atoms with Crippen LogP contribution >= 0.6 is 0 Å². The molecule has 0 aromatic heterocycles. The standard InChI is InChI=1S/C15H13O2.2ClH.Zr/c1-16-12-3-5-14-10(8-12)7-11-9-13(17-2)4-6-15(11)14;;;/h3-9H,1-2H3;2*1H;/q;;;+2/p-2. The van der Waals surface area contributed by atoms with Crippen LogP contribution in [0.5, 0.6) is 11.5 Å². The number of fused-ring (bicyclic) bond motifs is 3. The fourth-order valence-electron chi connectivity index (χ4n) is 2.47. The average molecular weight is 387 g/mol. The van der Waals surface area contributed by atoms with E-state index in [2.05, 4.69) is 24.3 Å². The summed E-state index contributed by atoms with van der Waals surface area (Å²) in [5.41, 5.74) is 5.40. The summed E-state index contributed by atoms with van der Waals surface area (Å²) < 4.78 is 11.1. The molecule has 0 aliphatic heterocycles. The van der Waals surface area contributed by atoms with Crippen molar-refractivity contribution in [3.05, 3.63) is 47.5 Å². The maximum absolute atomic E-state index is 5.32. The molecule has 1 aliphatic rings. The third kappa shape index (κ3) is 2.77. The minimum atomic E-state index is 0. The molecule has 2 nitrogen and oxygen atoms in total. The summed E-state index contributed by atoms with van der Waals surface area (Å²) in [6.45, 7) is 0. The van der Waals surface area contributed by atoms with Crippen LogP contribution < -0.4 is 34.3 Å². The molecule has 20 heavy (non-hydrogen) atoms. The van der Waals surface area contributed by atoms with Crippen molar-refractivity contribution in [3.63, 3.8) is 0 Å². The number of hydrogen-bond acceptors (Lipinski definition) is 2. The Kier molecular flexibility index (Phi) is 6.12. The zero-order valence-electron chi connectivity index (χ0n) is 11.1. The fourth-order valence-corrected chi connectivity index (χ4v) is 3.65. The molecule has 0 amide bonds. The first kappa shape index (κ1) is 17.6. The molecule has 0 saturated carbocycles. The molecule has 0 saturated heterocycles. The molecule has 0 radical (unpaired) electrons. The minimum Gasteiger partial charge on any atom is -1.00 e. The Hall–Kier alpha value is -0.497. The SMILES string of the molecule is COc1ccc2c(c1)[CH]([Zr+2])c1cc(OC)ccc1-2.[Cl-].[Cl-]. The summed E-state index contributed by atoms with van der Waals surface area (Å²) >= 11 is 1.49. The van der Waals surface area contributed by atoms with Crippen molar-refractivity contribution in [3.8, 4) is 22.6 Å². The molecule has 1 aliphatic carbocycles. The summed E-state index contributed by atoms with van der Waals surface area (Å²) in [6, 6.07) is 12.7. The molecule has 0 unspecified atom stereocenters. The molecular formula is C15H13Cl2O2Zr. The van der Waals surface area contributed by atoms with Gasteiger partial charge in [-0.25, -0.2) is 0 Å². The van der Waals surface area contributed by atoms with Gasteiger partial charge >= 0.3 is 122 Å². The van der Waals surface area contributed by atoms with Gasteiger partial charge in [0, 0.05) is 0 Å². The molecular weight excluding hydrogens is 374 g/mol. The van der Waals surface area contributed by atoms with E-state index in [4.69, 9.17) is 9.47 Å². The van der Waals surface area contributed by atoms with Crippen LogP contribution in [0, 0.1) is 0 Å². The Bertz CT molecular complexity index is 563. The van der Waals surface area contributed by atoms with E-state index in [0.717, 1.165) is 11.5 Å². The van der Waals surface area contributed by atoms with Crippen molar-refractivity contribution in [2.75, 3.05) is 14.2 Å². The normalized spacial score (nSPS) is 11.8. The number of hydrogen-bond donors (Lipinski definition) is 0. The molecule has 0 heterocycles. The molecule has 5 heteroatoms. The molecule has 2 aromatic rings. The Balaban J connectivity index is 0.000001000. The topological polar surface area (TPSA) is 18.5 Å². The number of rotatable bonds is 2. The maximum atomic E-state index is 5.32. The fraction of sp³-hybridized carbons (Fsp3) is 0.200. The summed E-state index contributed by atoms with van der Waals surface area (Å²) in [4.78, 5) is 0. The summed E-state index contributed by atoms with van der Waals surface area (Å²) in [6.07, 6.45) is 0. The number of halogens is 2. The van der Waals surface area contributed by atoms with Gasteiger partial charge in [-0.2, -0.15) is 0 Å². The van der Waals surface area contributed by atoms with Gasteiger partial charge in [0.1, 0.15) is 0 Å². The molecule has 103 valence electrons. The zero-order valence-corrected chi connectivity index (χ0v) is 15.1. The summed E-state index contributed by atoms with van der Waals surface area (Å²) in [7, 11) is 3.43. The van der Waals surface area contributed by atoms with E-state index in [1.807, 2.05) is 12.1 Å². The van der Waals surface area contributed by atoms with E-state index >= 15 is 0 Å². The molecule has 2 aromatic carbocycles. The van der Waals surface area contributed by atoms with Crippen LogP contribution in [0.1, 0.15) is 14.8 Å². The smallest absolute Gasteiger partial charge is 1.00 e. The second-order valence-corrected chi connectivity index (χ2v) is 5.76. The van der Waals surface area contributed by atoms with Crippen LogP contribution in [-0.2, 0) is 24.7 Å². The summed E-state index contributed by atoms with van der Waals surface area (Å²) in [5.74, 6) is 1.86. The molecule has 0 atom stereocenters. The maximum Gasteiger partial charge on any atom is -1.00 e. The molecule has 3 rings (SSSR count). The Morgan fingerprint density at radius 2 is 1.20 bits per heavy atom. The van der Waals surface area contributed by atoms with Crippen molar-refractivity contribution < 1.29 is 59.0 Å². The van der Waals surface area contributed by atoms with Gasteiger partial charge in [0.05, 0.1) is 0 Å². The van der Waals surface area contributed by atoms with Gasteiger partial charge in [-0.15, -0.1) is 0 Å². The van der Waals surface area contributed by atoms with E-state index in [0.29, 0.717) is 3.63 Å². The van der Waals surface area contributed by atoms with Crippen LogP contribution in [0.2, 0.25) is 0 Å². The van der Waals surface area contributed by atoms with Gasteiger partial charge < -0.3 is 24.8 Å². The zero-order chi connectivity index (χ0) is 12.7. The predicted molar refractivity (Wildman–Crippen MR) is 66.8 cm³/mol. The minimum absolute atomic E-state index is 0. The van der Waals surface area contributed by atoms with E-state index in [9.17, 15) is 0 Å². The van der Waals surface area contributed by atoms with Crippen LogP contribution in [-0.4, -0.2) is 14.2 Å². The molecule has 0 fully saturated rings. The Morgan fingerprint density at radius 3 is 1.55 bits per heavy atom. The quantitative estimate of drug-likeness (QED) is 0.560. The summed E-state index contributed by atoms with van der Waals surface area (Å²) in [5, 5.41) is 0. The Labute approximate surface area is 146 Å². The van der Waals surface area contributed by atoms with Crippen molar-refractivity contribution in [2.45, 2.75) is 3.63 Å². The second-order valence-electron chi connectivity index (χ2n) is 4.34. The average Bonchev–Trinajstić information content (AvgIpc) is 2.71. The van der Waals surface area contributed by atoms with Crippen LogP contribution in [0.3, 0.4) is 0 Å². The van der Waals surface area contributed by atoms with Crippen LogP contribution in [0.25, 0.3) is 11.1 Å². The van der Waals surface area contributed by atoms with Crippen LogP contribution in [0.15, 0.2) is 36.4 Å². The van der Waals surface area contributed by atoms with Crippen LogP contribution in [0.4, 0.5) is 0 Å². The van der Waals surface area contributed by atoms with Gasteiger partial charge in [0.25, 0.3) is 0 Å². The monoisotopic (exact) mass is 385 g/mol. The molecule has 0 bridgehead atoms. The first-order chi connectivity index (χ1) is 8.74. The van der Waals surface area contributed by atoms with Gasteiger partial charge in [0.15, 0.2) is 0 Å². The van der Waals surface area contributed by atoms with Gasteiger partial charge in [-0.1, -0.05) is 0 Å². The third-order valence-electron chi connectivity index (χ3n) is 3.43. The van der Waals surface area contributed by atoms with Crippen molar-refractivity contribution in [1.29, 1.82) is 0 Å². The number of ether oxygens (including phenoxy) is 2. The van der Waals surface area contributed by atoms with Crippen molar-refractivity contribution in [1.82, 2.24) is 0 Å². The van der Waals surface area contributed by atoms with Gasteiger partial charge in [0.2, 0.25) is 0 Å². The van der Waals surface area contributed by atoms with E-state index in [1.165, 1.54) is 47.0 Å². The largest absolute Gasteiger partial charge is 1.00 e.